The summed E-state index contributed by atoms with van der Waals surface area (Å²) in [5, 5.41) is 5.24. The SMILES string of the molecule is COc1cc(F)cc(CNC(=O)NCc2cnc(N3CCOCC3)c(F)c2)c1. The van der Waals surface area contributed by atoms with Crippen LogP contribution in [0.4, 0.5) is 19.4 Å². The quantitative estimate of drug-likeness (QED) is 0.788. The van der Waals surface area contributed by atoms with Crippen LogP contribution in [-0.2, 0) is 17.8 Å². The van der Waals surface area contributed by atoms with Crippen molar-refractivity contribution in [3.8, 4) is 5.75 Å². The largest absolute Gasteiger partial charge is 0.497 e. The molecule has 150 valence electrons. The van der Waals surface area contributed by atoms with Gasteiger partial charge < -0.3 is 25.0 Å². The summed E-state index contributed by atoms with van der Waals surface area (Å²) in [5.41, 5.74) is 1.10. The number of urea groups is 1. The maximum Gasteiger partial charge on any atom is 0.315 e. The zero-order valence-electron chi connectivity index (χ0n) is 15.5. The second-order valence-corrected chi connectivity index (χ2v) is 6.28. The molecular formula is C19H22F2N4O3. The van der Waals surface area contributed by atoms with E-state index in [4.69, 9.17) is 9.47 Å². The predicted octanol–water partition coefficient (Wildman–Crippen LogP) is 2.20. The molecule has 1 aromatic heterocycles. The summed E-state index contributed by atoms with van der Waals surface area (Å²) in [5.74, 6) is -0.220. The highest BCUT2D eigenvalue weighted by atomic mass is 19.1. The number of pyridine rings is 1. The van der Waals surface area contributed by atoms with Gasteiger partial charge >= 0.3 is 6.03 Å². The molecule has 0 saturated carbocycles. The predicted molar refractivity (Wildman–Crippen MR) is 99.3 cm³/mol. The molecule has 1 aromatic carbocycles. The Morgan fingerprint density at radius 1 is 1.14 bits per heavy atom. The first kappa shape index (κ1) is 19.8. The Balaban J connectivity index is 1.50. The standard InChI is InChI=1S/C19H22F2N4O3/c1-27-16-7-13(6-15(20)9-16)10-23-19(26)24-12-14-8-17(21)18(22-11-14)25-2-4-28-5-3-25/h6-9,11H,2-5,10,12H2,1H3,(H2,23,24,26). The number of aromatic nitrogens is 1. The number of carbonyl (C=O) groups is 1. The van der Waals surface area contributed by atoms with Gasteiger partial charge in [-0.2, -0.15) is 0 Å². The minimum Gasteiger partial charge on any atom is -0.497 e. The van der Waals surface area contributed by atoms with Crippen molar-refractivity contribution in [3.05, 3.63) is 53.2 Å². The molecule has 0 atom stereocenters. The van der Waals surface area contributed by atoms with E-state index in [0.29, 0.717) is 43.2 Å². The molecule has 9 heteroatoms. The average Bonchev–Trinajstić information content (AvgIpc) is 2.71. The van der Waals surface area contributed by atoms with Crippen LogP contribution in [0.2, 0.25) is 0 Å². The third-order valence-corrected chi connectivity index (χ3v) is 4.26. The van der Waals surface area contributed by atoms with Crippen molar-refractivity contribution in [2.24, 2.45) is 0 Å². The van der Waals surface area contributed by atoms with Crippen LogP contribution in [0.5, 0.6) is 5.75 Å². The number of anilines is 1. The first-order chi connectivity index (χ1) is 13.5. The molecule has 0 spiro atoms. The van der Waals surface area contributed by atoms with E-state index in [1.165, 1.54) is 31.5 Å². The molecule has 2 heterocycles. The highest BCUT2D eigenvalue weighted by Crippen LogP contribution is 2.18. The number of amides is 2. The highest BCUT2D eigenvalue weighted by Gasteiger charge is 2.17. The van der Waals surface area contributed by atoms with Gasteiger partial charge in [0.25, 0.3) is 0 Å². The second-order valence-electron chi connectivity index (χ2n) is 6.28. The Kier molecular flexibility index (Phi) is 6.59. The number of rotatable bonds is 6. The van der Waals surface area contributed by atoms with Gasteiger partial charge in [0.15, 0.2) is 11.6 Å². The van der Waals surface area contributed by atoms with E-state index in [2.05, 4.69) is 15.6 Å². The summed E-state index contributed by atoms with van der Waals surface area (Å²) in [4.78, 5) is 17.9. The molecule has 0 unspecified atom stereocenters. The number of benzene rings is 1. The zero-order valence-corrected chi connectivity index (χ0v) is 15.5. The van der Waals surface area contributed by atoms with E-state index in [-0.39, 0.29) is 18.9 Å². The number of methoxy groups -OCH3 is 1. The van der Waals surface area contributed by atoms with Crippen molar-refractivity contribution >= 4 is 11.8 Å². The van der Waals surface area contributed by atoms with E-state index < -0.39 is 17.7 Å². The number of nitrogens with one attached hydrogen (secondary N) is 2. The van der Waals surface area contributed by atoms with E-state index >= 15 is 0 Å². The van der Waals surface area contributed by atoms with Crippen LogP contribution in [0, 0.1) is 11.6 Å². The van der Waals surface area contributed by atoms with Gasteiger partial charge in [0, 0.05) is 38.4 Å². The Labute approximate surface area is 161 Å². The van der Waals surface area contributed by atoms with Gasteiger partial charge in [0.2, 0.25) is 0 Å². The van der Waals surface area contributed by atoms with Crippen LogP contribution in [-0.4, -0.2) is 44.4 Å². The number of morpholine rings is 1. The van der Waals surface area contributed by atoms with E-state index in [1.807, 2.05) is 4.90 Å². The molecule has 2 N–H and O–H groups in total. The summed E-state index contributed by atoms with van der Waals surface area (Å²) < 4.78 is 38.0. The first-order valence-electron chi connectivity index (χ1n) is 8.87. The minimum atomic E-state index is -0.458. The summed E-state index contributed by atoms with van der Waals surface area (Å²) >= 11 is 0. The summed E-state index contributed by atoms with van der Waals surface area (Å²) in [6.45, 7) is 2.52. The van der Waals surface area contributed by atoms with Crippen molar-refractivity contribution < 1.29 is 23.0 Å². The van der Waals surface area contributed by atoms with Crippen LogP contribution in [0.25, 0.3) is 0 Å². The Hall–Kier alpha value is -2.94. The van der Waals surface area contributed by atoms with Gasteiger partial charge in [-0.05, 0) is 29.3 Å². The fourth-order valence-electron chi connectivity index (χ4n) is 2.84. The number of halogens is 2. The van der Waals surface area contributed by atoms with Crippen molar-refractivity contribution in [2.75, 3.05) is 38.3 Å². The van der Waals surface area contributed by atoms with Gasteiger partial charge in [-0.15, -0.1) is 0 Å². The lowest BCUT2D eigenvalue weighted by molar-refractivity contribution is 0.122. The van der Waals surface area contributed by atoms with Crippen LogP contribution in [0.1, 0.15) is 11.1 Å². The van der Waals surface area contributed by atoms with Gasteiger partial charge in [0.05, 0.1) is 20.3 Å². The third-order valence-electron chi connectivity index (χ3n) is 4.26. The molecule has 1 saturated heterocycles. The molecule has 1 aliphatic heterocycles. The summed E-state index contributed by atoms with van der Waals surface area (Å²) in [7, 11) is 1.44. The van der Waals surface area contributed by atoms with Gasteiger partial charge in [-0.1, -0.05) is 0 Å². The van der Waals surface area contributed by atoms with Crippen molar-refractivity contribution in [1.29, 1.82) is 0 Å². The molecule has 28 heavy (non-hydrogen) atoms. The molecule has 0 bridgehead atoms. The lowest BCUT2D eigenvalue weighted by atomic mass is 10.2. The molecule has 2 aromatic rings. The molecule has 3 rings (SSSR count). The van der Waals surface area contributed by atoms with Gasteiger partial charge in [-0.25, -0.2) is 18.6 Å². The third kappa shape index (κ3) is 5.29. The normalized spacial score (nSPS) is 13.9. The van der Waals surface area contributed by atoms with Gasteiger partial charge in [-0.3, -0.25) is 0 Å². The second kappa shape index (κ2) is 9.32. The summed E-state index contributed by atoms with van der Waals surface area (Å²) in [6.07, 6.45) is 1.53. The van der Waals surface area contributed by atoms with Crippen LogP contribution < -0.4 is 20.3 Å². The maximum atomic E-state index is 14.3. The molecule has 0 aliphatic carbocycles. The smallest absolute Gasteiger partial charge is 0.315 e. The van der Waals surface area contributed by atoms with Crippen molar-refractivity contribution in [2.45, 2.75) is 13.1 Å². The van der Waals surface area contributed by atoms with E-state index in [1.54, 1.807) is 6.07 Å². The number of hydrogen-bond acceptors (Lipinski definition) is 5. The molecule has 2 amide bonds. The summed E-state index contributed by atoms with van der Waals surface area (Å²) in [6, 6.07) is 5.10. The number of hydrogen-bond donors (Lipinski definition) is 2. The number of carbonyl (C=O) groups excluding carboxylic acids is 1. The fraction of sp³-hybridized carbons (Fsp3) is 0.368. The lowest BCUT2D eigenvalue weighted by Crippen LogP contribution is -2.37. The molecule has 7 nitrogen and oxygen atoms in total. The topological polar surface area (TPSA) is 75.7 Å². The van der Waals surface area contributed by atoms with Crippen LogP contribution in [0.3, 0.4) is 0 Å². The average molecular weight is 392 g/mol. The Morgan fingerprint density at radius 2 is 1.86 bits per heavy atom. The lowest BCUT2D eigenvalue weighted by Gasteiger charge is -2.28. The van der Waals surface area contributed by atoms with E-state index in [0.717, 1.165) is 0 Å². The monoisotopic (exact) mass is 392 g/mol. The molecular weight excluding hydrogens is 370 g/mol. The molecule has 1 aliphatic rings. The van der Waals surface area contributed by atoms with Crippen molar-refractivity contribution in [1.82, 2.24) is 15.6 Å². The number of nitrogens with zero attached hydrogens (tertiary/aromatic N) is 2. The van der Waals surface area contributed by atoms with Crippen molar-refractivity contribution in [3.63, 3.8) is 0 Å². The zero-order chi connectivity index (χ0) is 19.9. The fourth-order valence-corrected chi connectivity index (χ4v) is 2.84. The van der Waals surface area contributed by atoms with E-state index in [9.17, 15) is 13.6 Å². The minimum absolute atomic E-state index is 0.117. The first-order valence-corrected chi connectivity index (χ1v) is 8.87. The molecule has 1 fully saturated rings. The maximum absolute atomic E-state index is 14.3. The Bertz CT molecular complexity index is 829. The van der Waals surface area contributed by atoms with Crippen LogP contribution in [0.15, 0.2) is 30.5 Å². The van der Waals surface area contributed by atoms with Gasteiger partial charge in [0.1, 0.15) is 11.6 Å². The van der Waals surface area contributed by atoms with Crippen LogP contribution >= 0.6 is 0 Å². The number of ether oxygens (including phenoxy) is 2. The Morgan fingerprint density at radius 3 is 2.54 bits per heavy atom. The highest BCUT2D eigenvalue weighted by molar-refractivity contribution is 5.73. The molecule has 0 radical (unpaired) electrons.